The average Bonchev–Trinajstić information content (AvgIpc) is 3.08. The summed E-state index contributed by atoms with van der Waals surface area (Å²) in [5, 5.41) is 0.234. The molecule has 0 fully saturated rings. The summed E-state index contributed by atoms with van der Waals surface area (Å²) in [6, 6.07) is 10.0. The molecular formula is C20H23ClN2O4S. The van der Waals surface area contributed by atoms with Gasteiger partial charge in [0.1, 0.15) is 5.75 Å². The Morgan fingerprint density at radius 2 is 2.00 bits per heavy atom. The van der Waals surface area contributed by atoms with Crippen LogP contribution in [0.1, 0.15) is 25.0 Å². The monoisotopic (exact) mass is 422 g/mol. The number of nitrogens with one attached hydrogen (secondary N) is 1. The van der Waals surface area contributed by atoms with Gasteiger partial charge in [0.05, 0.1) is 17.0 Å². The lowest BCUT2D eigenvalue weighted by atomic mass is 10.1. The Bertz CT molecular complexity index is 1010. The summed E-state index contributed by atoms with van der Waals surface area (Å²) in [4.78, 5) is 14.2. The van der Waals surface area contributed by atoms with E-state index in [1.807, 2.05) is 32.0 Å². The van der Waals surface area contributed by atoms with Crippen molar-refractivity contribution < 1.29 is 17.9 Å². The molecule has 8 heteroatoms. The normalized spacial score (nSPS) is 13.7. The van der Waals surface area contributed by atoms with E-state index in [0.29, 0.717) is 12.3 Å². The number of hydrogen-bond donors (Lipinski definition) is 1. The molecule has 1 amide bonds. The zero-order valence-electron chi connectivity index (χ0n) is 16.0. The fraction of sp³-hybridized carbons (Fsp3) is 0.350. The summed E-state index contributed by atoms with van der Waals surface area (Å²) in [7, 11) is -2.24. The lowest BCUT2D eigenvalue weighted by Crippen LogP contribution is -2.32. The van der Waals surface area contributed by atoms with Gasteiger partial charge in [0.15, 0.2) is 0 Å². The summed E-state index contributed by atoms with van der Waals surface area (Å²) in [5.74, 6) is 0.456. The number of fused-ring (bicyclic) bond motifs is 1. The molecule has 0 atom stereocenters. The van der Waals surface area contributed by atoms with Gasteiger partial charge >= 0.3 is 0 Å². The summed E-state index contributed by atoms with van der Waals surface area (Å²) >= 11 is 6.03. The van der Waals surface area contributed by atoms with Crippen LogP contribution in [-0.4, -0.2) is 28.0 Å². The van der Waals surface area contributed by atoms with Crippen molar-refractivity contribution in [1.82, 2.24) is 4.72 Å². The molecule has 0 aromatic heterocycles. The molecule has 0 bridgehead atoms. The molecule has 2 aromatic rings. The van der Waals surface area contributed by atoms with Crippen LogP contribution in [0.15, 0.2) is 41.3 Å². The first-order chi connectivity index (χ1) is 13.2. The van der Waals surface area contributed by atoms with Crippen LogP contribution in [0.25, 0.3) is 0 Å². The maximum absolute atomic E-state index is 12.5. The van der Waals surface area contributed by atoms with Crippen molar-refractivity contribution in [3.8, 4) is 5.75 Å². The number of carbonyl (C=O) groups is 1. The lowest BCUT2D eigenvalue weighted by Gasteiger charge is -2.19. The molecule has 0 saturated heterocycles. The highest BCUT2D eigenvalue weighted by Gasteiger charge is 2.26. The summed E-state index contributed by atoms with van der Waals surface area (Å²) in [6.07, 6.45) is 0.766. The number of carbonyl (C=O) groups excluding carboxylic acids is 1. The zero-order chi connectivity index (χ0) is 20.5. The van der Waals surface area contributed by atoms with Crippen LogP contribution in [0, 0.1) is 5.92 Å². The lowest BCUT2D eigenvalue weighted by molar-refractivity contribution is -0.121. The van der Waals surface area contributed by atoms with Gasteiger partial charge in [-0.05, 0) is 41.8 Å². The summed E-state index contributed by atoms with van der Waals surface area (Å²) in [5.41, 5.74) is 2.80. The number of benzene rings is 2. The number of sulfonamides is 1. The molecule has 1 aliphatic rings. The SMILES string of the molecule is COc1ccc(S(=O)(=O)NCc2ccc3c(c2)CCN3C(=O)C(C)C)cc1Cl. The van der Waals surface area contributed by atoms with Crippen LogP contribution in [-0.2, 0) is 27.8 Å². The second-order valence-electron chi connectivity index (χ2n) is 6.98. The Morgan fingerprint density at radius 1 is 1.25 bits per heavy atom. The molecule has 1 N–H and O–H groups in total. The van der Waals surface area contributed by atoms with Crippen molar-refractivity contribution in [2.45, 2.75) is 31.7 Å². The molecule has 6 nitrogen and oxygen atoms in total. The van der Waals surface area contributed by atoms with Crippen molar-refractivity contribution >= 4 is 33.2 Å². The number of amides is 1. The van der Waals surface area contributed by atoms with Crippen molar-refractivity contribution in [3.05, 3.63) is 52.5 Å². The molecule has 0 saturated carbocycles. The summed E-state index contributed by atoms with van der Waals surface area (Å²) < 4.78 is 32.7. The highest BCUT2D eigenvalue weighted by atomic mass is 35.5. The predicted octanol–water partition coefficient (Wildman–Crippen LogP) is 3.37. The van der Waals surface area contributed by atoms with Crippen molar-refractivity contribution in [2.24, 2.45) is 5.92 Å². The van der Waals surface area contributed by atoms with Gasteiger partial charge in [0, 0.05) is 24.7 Å². The molecule has 1 aliphatic heterocycles. The van der Waals surface area contributed by atoms with Crippen molar-refractivity contribution in [1.29, 1.82) is 0 Å². The smallest absolute Gasteiger partial charge is 0.240 e. The Hall–Kier alpha value is -2.09. The van der Waals surface area contributed by atoms with Gasteiger partial charge in [0.2, 0.25) is 15.9 Å². The van der Waals surface area contributed by atoms with Gasteiger partial charge in [-0.2, -0.15) is 0 Å². The van der Waals surface area contributed by atoms with Gasteiger partial charge in [-0.25, -0.2) is 13.1 Å². The number of nitrogens with zero attached hydrogens (tertiary/aromatic N) is 1. The van der Waals surface area contributed by atoms with Crippen LogP contribution >= 0.6 is 11.6 Å². The second-order valence-corrected chi connectivity index (χ2v) is 9.15. The fourth-order valence-electron chi connectivity index (χ4n) is 3.18. The first kappa shape index (κ1) is 20.6. The number of halogens is 1. The first-order valence-corrected chi connectivity index (χ1v) is 10.9. The fourth-order valence-corrected chi connectivity index (χ4v) is 4.55. The van der Waals surface area contributed by atoms with Crippen LogP contribution in [0.2, 0.25) is 5.02 Å². The Kier molecular flexibility index (Phi) is 5.98. The minimum Gasteiger partial charge on any atom is -0.495 e. The van der Waals surface area contributed by atoms with Gasteiger partial charge in [0.25, 0.3) is 0 Å². The highest BCUT2D eigenvalue weighted by Crippen LogP contribution is 2.30. The van der Waals surface area contributed by atoms with E-state index >= 15 is 0 Å². The van der Waals surface area contributed by atoms with Gasteiger partial charge in [-0.1, -0.05) is 37.6 Å². The minimum absolute atomic E-state index is 0.0613. The van der Waals surface area contributed by atoms with Crippen molar-refractivity contribution in [3.63, 3.8) is 0 Å². The van der Waals surface area contributed by atoms with E-state index in [1.165, 1.54) is 25.3 Å². The minimum atomic E-state index is -3.71. The third-order valence-corrected chi connectivity index (χ3v) is 6.39. The van der Waals surface area contributed by atoms with E-state index in [0.717, 1.165) is 23.2 Å². The molecule has 2 aromatic carbocycles. The largest absolute Gasteiger partial charge is 0.495 e. The van der Waals surface area contributed by atoms with Crippen LogP contribution in [0.5, 0.6) is 5.75 Å². The molecule has 0 spiro atoms. The Labute approximate surface area is 170 Å². The highest BCUT2D eigenvalue weighted by molar-refractivity contribution is 7.89. The van der Waals surface area contributed by atoms with Gasteiger partial charge in [-0.3, -0.25) is 4.79 Å². The maximum Gasteiger partial charge on any atom is 0.240 e. The van der Waals surface area contributed by atoms with E-state index in [2.05, 4.69) is 4.72 Å². The van der Waals surface area contributed by atoms with E-state index in [1.54, 1.807) is 4.90 Å². The van der Waals surface area contributed by atoms with Crippen LogP contribution in [0.4, 0.5) is 5.69 Å². The van der Waals surface area contributed by atoms with Gasteiger partial charge in [-0.15, -0.1) is 0 Å². The molecule has 0 unspecified atom stereocenters. The molecular weight excluding hydrogens is 400 g/mol. The van der Waals surface area contributed by atoms with E-state index in [-0.39, 0.29) is 28.3 Å². The molecule has 3 rings (SSSR count). The molecule has 0 radical (unpaired) electrons. The maximum atomic E-state index is 12.5. The predicted molar refractivity (Wildman–Crippen MR) is 109 cm³/mol. The Morgan fingerprint density at radius 3 is 2.64 bits per heavy atom. The van der Waals surface area contributed by atoms with E-state index < -0.39 is 10.0 Å². The molecule has 1 heterocycles. The zero-order valence-corrected chi connectivity index (χ0v) is 17.6. The van der Waals surface area contributed by atoms with Crippen molar-refractivity contribution in [2.75, 3.05) is 18.6 Å². The molecule has 28 heavy (non-hydrogen) atoms. The van der Waals surface area contributed by atoms with Gasteiger partial charge < -0.3 is 9.64 Å². The Balaban J connectivity index is 1.73. The topological polar surface area (TPSA) is 75.7 Å². The second kappa shape index (κ2) is 8.11. The van der Waals surface area contributed by atoms with E-state index in [4.69, 9.17) is 16.3 Å². The molecule has 0 aliphatic carbocycles. The third-order valence-electron chi connectivity index (χ3n) is 4.70. The standard InChI is InChI=1S/C20H23ClN2O4S/c1-13(2)20(24)23-9-8-15-10-14(4-6-18(15)23)12-22-28(25,26)16-5-7-19(27-3)17(21)11-16/h4-7,10-11,13,22H,8-9,12H2,1-3H3. The van der Waals surface area contributed by atoms with Crippen LogP contribution < -0.4 is 14.4 Å². The summed E-state index contributed by atoms with van der Waals surface area (Å²) in [6.45, 7) is 4.58. The van der Waals surface area contributed by atoms with E-state index in [9.17, 15) is 13.2 Å². The third kappa shape index (κ3) is 4.16. The number of anilines is 1. The quantitative estimate of drug-likeness (QED) is 0.774. The number of methoxy groups -OCH3 is 1. The van der Waals surface area contributed by atoms with Crippen LogP contribution in [0.3, 0.4) is 0 Å². The number of hydrogen-bond acceptors (Lipinski definition) is 4. The average molecular weight is 423 g/mol. The molecule has 150 valence electrons. The number of ether oxygens (including phenoxy) is 1. The number of rotatable bonds is 6. The first-order valence-electron chi connectivity index (χ1n) is 8.99.